The van der Waals surface area contributed by atoms with Crippen molar-refractivity contribution in [2.45, 2.75) is 19.9 Å². The van der Waals surface area contributed by atoms with E-state index in [1.165, 1.54) is 10.6 Å². The number of alkyl halides is 1. The Morgan fingerprint density at radius 3 is 2.85 bits per heavy atom. The number of benzene rings is 1. The lowest BCUT2D eigenvalue weighted by Crippen LogP contribution is -2.27. The SMILES string of the molecule is CCNC(=O)Cn1c(CCCl)nc2c(F)cc(F)cc21. The van der Waals surface area contributed by atoms with E-state index in [1.54, 1.807) is 6.92 Å². The number of nitrogens with one attached hydrogen (secondary N) is 1. The molecule has 1 aromatic heterocycles. The molecule has 1 amide bonds. The fraction of sp³-hybridized carbons (Fsp3) is 0.385. The molecule has 0 aliphatic carbocycles. The van der Waals surface area contributed by atoms with Crippen LogP contribution in [0.15, 0.2) is 12.1 Å². The third-order valence-corrected chi connectivity index (χ3v) is 3.03. The summed E-state index contributed by atoms with van der Waals surface area (Å²) < 4.78 is 28.6. The number of nitrogens with zero attached hydrogens (tertiary/aromatic N) is 2. The minimum atomic E-state index is -0.745. The number of halogens is 3. The van der Waals surface area contributed by atoms with Gasteiger partial charge in [0.1, 0.15) is 23.7 Å². The van der Waals surface area contributed by atoms with E-state index in [-0.39, 0.29) is 29.4 Å². The monoisotopic (exact) mass is 301 g/mol. The largest absolute Gasteiger partial charge is 0.355 e. The summed E-state index contributed by atoms with van der Waals surface area (Å²) in [6.45, 7) is 2.24. The zero-order valence-electron chi connectivity index (χ0n) is 10.9. The Kier molecular flexibility index (Phi) is 4.54. The first-order valence-electron chi connectivity index (χ1n) is 6.23. The van der Waals surface area contributed by atoms with Crippen molar-refractivity contribution in [2.75, 3.05) is 12.4 Å². The van der Waals surface area contributed by atoms with Crippen molar-refractivity contribution in [3.63, 3.8) is 0 Å². The van der Waals surface area contributed by atoms with Crippen LogP contribution in [0.2, 0.25) is 0 Å². The van der Waals surface area contributed by atoms with Gasteiger partial charge in [-0.1, -0.05) is 0 Å². The number of imidazole rings is 1. The van der Waals surface area contributed by atoms with Gasteiger partial charge in [0.2, 0.25) is 5.91 Å². The van der Waals surface area contributed by atoms with E-state index in [0.29, 0.717) is 18.8 Å². The molecule has 0 radical (unpaired) electrons. The van der Waals surface area contributed by atoms with Gasteiger partial charge in [0, 0.05) is 24.9 Å². The maximum Gasteiger partial charge on any atom is 0.239 e. The van der Waals surface area contributed by atoms with Crippen LogP contribution in [0, 0.1) is 11.6 Å². The highest BCUT2D eigenvalue weighted by molar-refractivity contribution is 6.17. The number of likely N-dealkylation sites (N-methyl/N-ethyl adjacent to an activating group) is 1. The Bertz CT molecular complexity index is 642. The van der Waals surface area contributed by atoms with Gasteiger partial charge in [0.05, 0.1) is 5.52 Å². The van der Waals surface area contributed by atoms with Crippen molar-refractivity contribution >= 4 is 28.5 Å². The highest BCUT2D eigenvalue weighted by Gasteiger charge is 2.17. The Hall–Kier alpha value is -1.69. The van der Waals surface area contributed by atoms with Crippen LogP contribution < -0.4 is 5.32 Å². The Morgan fingerprint density at radius 2 is 2.20 bits per heavy atom. The molecule has 0 fully saturated rings. The number of aromatic nitrogens is 2. The van der Waals surface area contributed by atoms with Gasteiger partial charge in [-0.05, 0) is 13.0 Å². The molecule has 0 atom stereocenters. The predicted octanol–water partition coefficient (Wildman–Crippen LogP) is 2.23. The summed E-state index contributed by atoms with van der Waals surface area (Å²) in [6, 6.07) is 1.94. The fourth-order valence-electron chi connectivity index (χ4n) is 2.05. The smallest absolute Gasteiger partial charge is 0.239 e. The van der Waals surface area contributed by atoms with Crippen LogP contribution in [0.5, 0.6) is 0 Å². The van der Waals surface area contributed by atoms with Crippen LogP contribution in [0.3, 0.4) is 0 Å². The van der Waals surface area contributed by atoms with E-state index in [2.05, 4.69) is 10.3 Å². The molecule has 1 aromatic carbocycles. The summed E-state index contributed by atoms with van der Waals surface area (Å²) >= 11 is 5.68. The molecule has 0 spiro atoms. The van der Waals surface area contributed by atoms with Crippen LogP contribution in [0.1, 0.15) is 12.7 Å². The van der Waals surface area contributed by atoms with Crippen molar-refractivity contribution < 1.29 is 13.6 Å². The molecule has 108 valence electrons. The second-order valence-electron chi connectivity index (χ2n) is 4.26. The third kappa shape index (κ3) is 2.90. The minimum absolute atomic E-state index is 0.0422. The second-order valence-corrected chi connectivity index (χ2v) is 4.64. The molecule has 2 rings (SSSR count). The van der Waals surface area contributed by atoms with Crippen molar-refractivity contribution in [1.82, 2.24) is 14.9 Å². The first-order chi connectivity index (χ1) is 9.56. The molecule has 0 aliphatic rings. The van der Waals surface area contributed by atoms with Crippen LogP contribution in [0.4, 0.5) is 8.78 Å². The molecule has 0 saturated heterocycles. The van der Waals surface area contributed by atoms with E-state index in [0.717, 1.165) is 6.07 Å². The van der Waals surface area contributed by atoms with Gasteiger partial charge in [0.25, 0.3) is 0 Å². The van der Waals surface area contributed by atoms with Crippen LogP contribution >= 0.6 is 11.6 Å². The van der Waals surface area contributed by atoms with Gasteiger partial charge in [-0.15, -0.1) is 11.6 Å². The molecule has 0 aliphatic heterocycles. The maximum atomic E-state index is 13.7. The summed E-state index contributed by atoms with van der Waals surface area (Å²) in [5.41, 5.74) is 0.310. The number of carbonyl (C=O) groups is 1. The molecule has 0 saturated carbocycles. The number of hydrogen-bond donors (Lipinski definition) is 1. The van der Waals surface area contributed by atoms with E-state index >= 15 is 0 Å². The van der Waals surface area contributed by atoms with Crippen molar-refractivity contribution in [3.8, 4) is 0 Å². The quantitative estimate of drug-likeness (QED) is 0.861. The molecular weight excluding hydrogens is 288 g/mol. The van der Waals surface area contributed by atoms with Gasteiger partial charge in [-0.3, -0.25) is 4.79 Å². The van der Waals surface area contributed by atoms with E-state index in [4.69, 9.17) is 11.6 Å². The number of hydrogen-bond acceptors (Lipinski definition) is 2. The zero-order chi connectivity index (χ0) is 14.7. The maximum absolute atomic E-state index is 13.7. The van der Waals surface area contributed by atoms with Crippen molar-refractivity contribution in [3.05, 3.63) is 29.6 Å². The lowest BCUT2D eigenvalue weighted by Gasteiger charge is -2.08. The van der Waals surface area contributed by atoms with E-state index < -0.39 is 11.6 Å². The standard InChI is InChI=1S/C13H14ClF2N3O/c1-2-17-12(20)7-19-10-6-8(15)5-9(16)13(10)18-11(19)3-4-14/h5-6H,2-4,7H2,1H3,(H,17,20). The lowest BCUT2D eigenvalue weighted by atomic mass is 10.3. The summed E-state index contributed by atoms with van der Waals surface area (Å²) in [5.74, 6) is -0.948. The Morgan fingerprint density at radius 1 is 1.45 bits per heavy atom. The minimum Gasteiger partial charge on any atom is -0.355 e. The number of carbonyl (C=O) groups excluding carboxylic acids is 1. The van der Waals surface area contributed by atoms with Crippen LogP contribution in [0.25, 0.3) is 11.0 Å². The molecule has 0 bridgehead atoms. The fourth-order valence-corrected chi connectivity index (χ4v) is 2.21. The van der Waals surface area contributed by atoms with E-state index in [9.17, 15) is 13.6 Å². The number of fused-ring (bicyclic) bond motifs is 1. The number of aryl methyl sites for hydroxylation is 1. The summed E-state index contributed by atoms with van der Waals surface area (Å²) in [4.78, 5) is 15.8. The molecule has 20 heavy (non-hydrogen) atoms. The predicted molar refractivity (Wildman–Crippen MR) is 72.8 cm³/mol. The molecule has 4 nitrogen and oxygen atoms in total. The first-order valence-corrected chi connectivity index (χ1v) is 6.77. The lowest BCUT2D eigenvalue weighted by molar-refractivity contribution is -0.121. The third-order valence-electron chi connectivity index (χ3n) is 2.85. The van der Waals surface area contributed by atoms with Crippen LogP contribution in [-0.2, 0) is 17.8 Å². The van der Waals surface area contributed by atoms with Crippen molar-refractivity contribution in [1.29, 1.82) is 0 Å². The normalized spacial score (nSPS) is 11.0. The summed E-state index contributed by atoms with van der Waals surface area (Å²) in [7, 11) is 0. The van der Waals surface area contributed by atoms with Gasteiger partial charge in [-0.25, -0.2) is 13.8 Å². The number of rotatable bonds is 5. The average molecular weight is 302 g/mol. The van der Waals surface area contributed by atoms with Gasteiger partial charge < -0.3 is 9.88 Å². The highest BCUT2D eigenvalue weighted by atomic mass is 35.5. The van der Waals surface area contributed by atoms with Crippen LogP contribution in [-0.4, -0.2) is 27.9 Å². The Labute approximate surface area is 119 Å². The van der Waals surface area contributed by atoms with E-state index in [1.807, 2.05) is 0 Å². The Balaban J connectivity index is 2.52. The molecule has 1 N–H and O–H groups in total. The topological polar surface area (TPSA) is 46.9 Å². The zero-order valence-corrected chi connectivity index (χ0v) is 11.7. The highest BCUT2D eigenvalue weighted by Crippen LogP contribution is 2.21. The molecule has 7 heteroatoms. The summed E-state index contributed by atoms with van der Waals surface area (Å²) in [6.07, 6.45) is 0.372. The molecule has 0 unspecified atom stereocenters. The average Bonchev–Trinajstić information content (AvgIpc) is 2.69. The van der Waals surface area contributed by atoms with Crippen molar-refractivity contribution in [2.24, 2.45) is 0 Å². The summed E-state index contributed by atoms with van der Waals surface area (Å²) in [5, 5.41) is 2.64. The first kappa shape index (κ1) is 14.7. The number of amides is 1. The second kappa shape index (κ2) is 6.17. The van der Waals surface area contributed by atoms with Gasteiger partial charge in [-0.2, -0.15) is 0 Å². The molecular formula is C13H14ClF2N3O. The molecule has 1 heterocycles. The molecule has 2 aromatic rings. The van der Waals surface area contributed by atoms with Gasteiger partial charge >= 0.3 is 0 Å². The van der Waals surface area contributed by atoms with Gasteiger partial charge in [0.15, 0.2) is 5.82 Å².